The number of hydrogen-bond acceptors (Lipinski definition) is 3. The molecule has 0 amide bonds. The maximum Gasteiger partial charge on any atom is 0.0957 e. The number of rotatable bonds is 4. The van der Waals surface area contributed by atoms with Crippen molar-refractivity contribution in [2.75, 3.05) is 11.9 Å². The van der Waals surface area contributed by atoms with Crippen molar-refractivity contribution in [1.29, 1.82) is 0 Å². The van der Waals surface area contributed by atoms with E-state index in [-0.39, 0.29) is 0 Å². The van der Waals surface area contributed by atoms with Crippen LogP contribution in [0, 0.1) is 13.8 Å². The SMILES string of the molecule is CC[C@@H](O)c1ccc(N(C)c2ccc(C)cc2C)cn1. The number of pyridine rings is 1. The topological polar surface area (TPSA) is 36.4 Å². The zero-order chi connectivity index (χ0) is 14.7. The first-order valence-electron chi connectivity index (χ1n) is 6.98. The second-order valence-electron chi connectivity index (χ2n) is 5.21. The van der Waals surface area contributed by atoms with Crippen LogP contribution in [0.2, 0.25) is 0 Å². The summed E-state index contributed by atoms with van der Waals surface area (Å²) in [7, 11) is 2.03. The van der Waals surface area contributed by atoms with Crippen LogP contribution < -0.4 is 4.90 Å². The summed E-state index contributed by atoms with van der Waals surface area (Å²) >= 11 is 0. The molecule has 1 N–H and O–H groups in total. The molecule has 0 bridgehead atoms. The van der Waals surface area contributed by atoms with E-state index in [1.165, 1.54) is 16.8 Å². The summed E-state index contributed by atoms with van der Waals surface area (Å²) in [6.45, 7) is 6.16. The number of aromatic nitrogens is 1. The highest BCUT2D eigenvalue weighted by Gasteiger charge is 2.10. The third-order valence-corrected chi connectivity index (χ3v) is 3.60. The Labute approximate surface area is 120 Å². The average Bonchev–Trinajstić information content (AvgIpc) is 2.46. The molecule has 1 aromatic heterocycles. The number of benzene rings is 1. The van der Waals surface area contributed by atoms with Gasteiger partial charge in [-0.25, -0.2) is 0 Å². The lowest BCUT2D eigenvalue weighted by molar-refractivity contribution is 0.169. The monoisotopic (exact) mass is 270 g/mol. The first kappa shape index (κ1) is 14.5. The van der Waals surface area contributed by atoms with Gasteiger partial charge < -0.3 is 10.0 Å². The highest BCUT2D eigenvalue weighted by molar-refractivity contribution is 5.65. The fourth-order valence-electron chi connectivity index (χ4n) is 2.32. The van der Waals surface area contributed by atoms with Crippen molar-refractivity contribution in [2.45, 2.75) is 33.3 Å². The lowest BCUT2D eigenvalue weighted by Crippen LogP contribution is -2.11. The molecule has 0 radical (unpaired) electrons. The Hall–Kier alpha value is -1.87. The number of nitrogens with zero attached hydrogens (tertiary/aromatic N) is 2. The van der Waals surface area contributed by atoms with E-state index in [4.69, 9.17) is 0 Å². The van der Waals surface area contributed by atoms with Gasteiger partial charge in [-0.15, -0.1) is 0 Å². The Balaban J connectivity index is 2.26. The molecular formula is C17H22N2O. The molecule has 20 heavy (non-hydrogen) atoms. The smallest absolute Gasteiger partial charge is 0.0957 e. The third kappa shape index (κ3) is 2.99. The van der Waals surface area contributed by atoms with Crippen LogP contribution in [0.3, 0.4) is 0 Å². The first-order valence-corrected chi connectivity index (χ1v) is 6.98. The van der Waals surface area contributed by atoms with Gasteiger partial charge in [-0.2, -0.15) is 0 Å². The van der Waals surface area contributed by atoms with Crippen LogP contribution in [0.15, 0.2) is 36.5 Å². The van der Waals surface area contributed by atoms with E-state index in [0.717, 1.165) is 11.4 Å². The van der Waals surface area contributed by atoms with Crippen molar-refractivity contribution < 1.29 is 5.11 Å². The van der Waals surface area contributed by atoms with E-state index in [9.17, 15) is 5.11 Å². The average molecular weight is 270 g/mol. The molecule has 0 aliphatic carbocycles. The fourth-order valence-corrected chi connectivity index (χ4v) is 2.32. The molecule has 0 aliphatic heterocycles. The second-order valence-corrected chi connectivity index (χ2v) is 5.21. The van der Waals surface area contributed by atoms with Gasteiger partial charge in [0.1, 0.15) is 0 Å². The van der Waals surface area contributed by atoms with Crippen LogP contribution >= 0.6 is 0 Å². The van der Waals surface area contributed by atoms with Crippen molar-refractivity contribution in [3.63, 3.8) is 0 Å². The minimum absolute atomic E-state index is 0.476. The lowest BCUT2D eigenvalue weighted by atomic mass is 10.1. The molecule has 0 spiro atoms. The molecular weight excluding hydrogens is 248 g/mol. The zero-order valence-electron chi connectivity index (χ0n) is 12.6. The maximum atomic E-state index is 9.77. The van der Waals surface area contributed by atoms with Gasteiger partial charge in [-0.3, -0.25) is 4.98 Å². The fraction of sp³-hybridized carbons (Fsp3) is 0.353. The molecule has 0 fully saturated rings. The molecule has 3 heteroatoms. The summed E-state index contributed by atoms with van der Waals surface area (Å²) in [5, 5.41) is 9.77. The van der Waals surface area contributed by atoms with Crippen molar-refractivity contribution >= 4 is 11.4 Å². The molecule has 2 aromatic rings. The van der Waals surface area contributed by atoms with E-state index < -0.39 is 6.10 Å². The Morgan fingerprint density at radius 1 is 1.20 bits per heavy atom. The second kappa shape index (κ2) is 6.06. The van der Waals surface area contributed by atoms with Gasteiger partial charge in [0.25, 0.3) is 0 Å². The molecule has 1 heterocycles. The van der Waals surface area contributed by atoms with Gasteiger partial charge in [-0.1, -0.05) is 24.6 Å². The lowest BCUT2D eigenvalue weighted by Gasteiger charge is -2.22. The van der Waals surface area contributed by atoms with E-state index in [1.54, 1.807) is 0 Å². The van der Waals surface area contributed by atoms with Crippen LogP contribution in [-0.4, -0.2) is 17.1 Å². The summed E-state index contributed by atoms with van der Waals surface area (Å²) in [6, 6.07) is 10.3. The molecule has 0 unspecified atom stereocenters. The number of aryl methyl sites for hydroxylation is 2. The van der Waals surface area contributed by atoms with Gasteiger partial charge in [0.15, 0.2) is 0 Å². The van der Waals surface area contributed by atoms with Gasteiger partial charge >= 0.3 is 0 Å². The summed E-state index contributed by atoms with van der Waals surface area (Å²) < 4.78 is 0. The molecule has 3 nitrogen and oxygen atoms in total. The van der Waals surface area contributed by atoms with Crippen LogP contribution in [-0.2, 0) is 0 Å². The van der Waals surface area contributed by atoms with Crippen molar-refractivity contribution in [3.8, 4) is 0 Å². The standard InChI is InChI=1S/C17H22N2O/c1-5-17(20)15-8-7-14(11-18-15)19(4)16-9-6-12(2)10-13(16)3/h6-11,17,20H,5H2,1-4H3/t17-/m1/s1. The van der Waals surface area contributed by atoms with Crippen molar-refractivity contribution in [1.82, 2.24) is 4.98 Å². The van der Waals surface area contributed by atoms with Crippen molar-refractivity contribution in [2.24, 2.45) is 0 Å². The number of anilines is 2. The van der Waals surface area contributed by atoms with Crippen molar-refractivity contribution in [3.05, 3.63) is 53.3 Å². The summed E-state index contributed by atoms with van der Waals surface area (Å²) in [4.78, 5) is 6.47. The summed E-state index contributed by atoms with van der Waals surface area (Å²) in [5.74, 6) is 0. The number of aliphatic hydroxyl groups excluding tert-OH is 1. The number of hydrogen-bond donors (Lipinski definition) is 1. The molecule has 0 aliphatic rings. The highest BCUT2D eigenvalue weighted by atomic mass is 16.3. The van der Waals surface area contributed by atoms with Gasteiger partial charge in [0.2, 0.25) is 0 Å². The quantitative estimate of drug-likeness (QED) is 0.915. The minimum atomic E-state index is -0.476. The molecule has 1 atom stereocenters. The Kier molecular flexibility index (Phi) is 4.40. The third-order valence-electron chi connectivity index (χ3n) is 3.60. The van der Waals surface area contributed by atoms with E-state index in [0.29, 0.717) is 6.42 Å². The van der Waals surface area contributed by atoms with Crippen LogP contribution in [0.4, 0.5) is 11.4 Å². The predicted molar refractivity (Wildman–Crippen MR) is 83.5 cm³/mol. The predicted octanol–water partition coefficient (Wildman–Crippen LogP) is 3.91. The molecule has 2 rings (SSSR count). The van der Waals surface area contributed by atoms with Crippen LogP contribution in [0.5, 0.6) is 0 Å². The Morgan fingerprint density at radius 2 is 1.95 bits per heavy atom. The largest absolute Gasteiger partial charge is 0.387 e. The van der Waals surface area contributed by atoms with Gasteiger partial charge in [0.05, 0.1) is 23.7 Å². The Morgan fingerprint density at radius 3 is 2.50 bits per heavy atom. The van der Waals surface area contributed by atoms with Gasteiger partial charge in [-0.05, 0) is 44.0 Å². The van der Waals surface area contributed by atoms with Crippen LogP contribution in [0.25, 0.3) is 0 Å². The zero-order valence-corrected chi connectivity index (χ0v) is 12.6. The first-order chi connectivity index (χ1) is 9.52. The molecule has 1 aromatic carbocycles. The summed E-state index contributed by atoms with van der Waals surface area (Å²) in [6.07, 6.45) is 2.02. The summed E-state index contributed by atoms with van der Waals surface area (Å²) in [5.41, 5.74) is 5.42. The van der Waals surface area contributed by atoms with Gasteiger partial charge in [0, 0.05) is 12.7 Å². The number of aliphatic hydroxyl groups is 1. The van der Waals surface area contributed by atoms with E-state index in [1.807, 2.05) is 32.3 Å². The van der Waals surface area contributed by atoms with E-state index in [2.05, 4.69) is 41.9 Å². The molecule has 0 saturated carbocycles. The molecule has 0 saturated heterocycles. The molecule has 106 valence electrons. The van der Waals surface area contributed by atoms with Crippen LogP contribution in [0.1, 0.15) is 36.3 Å². The maximum absolute atomic E-state index is 9.77. The Bertz CT molecular complexity index is 578. The van der Waals surface area contributed by atoms with E-state index >= 15 is 0 Å². The normalized spacial score (nSPS) is 12.2. The highest BCUT2D eigenvalue weighted by Crippen LogP contribution is 2.27. The minimum Gasteiger partial charge on any atom is -0.387 e.